The Balaban J connectivity index is 3.13. The summed E-state index contributed by atoms with van der Waals surface area (Å²) in [4.78, 5) is 24.9. The van der Waals surface area contributed by atoms with Gasteiger partial charge >= 0.3 is 12.3 Å². The van der Waals surface area contributed by atoms with Crippen molar-refractivity contribution in [2.24, 2.45) is 0 Å². The molecule has 106 valence electrons. The summed E-state index contributed by atoms with van der Waals surface area (Å²) in [6, 6.07) is 1.22. The monoisotopic (exact) mass is 391 g/mol. The van der Waals surface area contributed by atoms with Crippen LogP contribution in [0.25, 0.3) is 0 Å². The minimum absolute atomic E-state index is 0.0918. The standard InChI is InChI=1S/C10H9F3INO4/c1-2-18-7(16)4-5-3-6(14)15-9(17)8(5)19-10(11,12)13/h3H,2,4H2,1H3,(H,15,17). The minimum atomic E-state index is -5.01. The van der Waals surface area contributed by atoms with Crippen LogP contribution < -0.4 is 10.3 Å². The van der Waals surface area contributed by atoms with Gasteiger partial charge in [-0.2, -0.15) is 0 Å². The number of aromatic nitrogens is 1. The van der Waals surface area contributed by atoms with Gasteiger partial charge < -0.3 is 14.5 Å². The fourth-order valence-corrected chi connectivity index (χ4v) is 1.91. The maximum atomic E-state index is 12.2. The molecule has 1 aromatic rings. The highest BCUT2D eigenvalue weighted by atomic mass is 127. The molecule has 0 aliphatic heterocycles. The molecule has 1 N–H and O–H groups in total. The maximum absolute atomic E-state index is 12.2. The fourth-order valence-electron chi connectivity index (χ4n) is 1.29. The van der Waals surface area contributed by atoms with Gasteiger partial charge in [0.1, 0.15) is 0 Å². The van der Waals surface area contributed by atoms with Crippen molar-refractivity contribution in [3.63, 3.8) is 0 Å². The number of esters is 1. The van der Waals surface area contributed by atoms with E-state index in [0.29, 0.717) is 0 Å². The van der Waals surface area contributed by atoms with Gasteiger partial charge in [-0.3, -0.25) is 9.59 Å². The van der Waals surface area contributed by atoms with Gasteiger partial charge in [-0.1, -0.05) is 0 Å². The Hall–Kier alpha value is -1.26. The number of carbonyl (C=O) groups is 1. The number of nitrogens with one attached hydrogen (secondary N) is 1. The van der Waals surface area contributed by atoms with Crippen LogP contribution in [0, 0.1) is 3.70 Å². The molecular formula is C10H9F3INO4. The van der Waals surface area contributed by atoms with Gasteiger partial charge in [0.25, 0.3) is 5.56 Å². The number of rotatable bonds is 4. The average Bonchev–Trinajstić information content (AvgIpc) is 2.22. The zero-order valence-corrected chi connectivity index (χ0v) is 11.8. The molecule has 0 spiro atoms. The van der Waals surface area contributed by atoms with Crippen molar-refractivity contribution in [2.45, 2.75) is 19.7 Å². The second-order valence-corrected chi connectivity index (χ2v) is 4.49. The summed E-state index contributed by atoms with van der Waals surface area (Å²) in [6.45, 7) is 1.65. The van der Waals surface area contributed by atoms with Crippen LogP contribution in [0.1, 0.15) is 12.5 Å². The van der Waals surface area contributed by atoms with Crippen molar-refractivity contribution in [1.29, 1.82) is 0 Å². The first-order valence-corrected chi connectivity index (χ1v) is 6.14. The molecule has 0 saturated carbocycles. The molecule has 0 radical (unpaired) electrons. The highest BCUT2D eigenvalue weighted by molar-refractivity contribution is 14.1. The van der Waals surface area contributed by atoms with Crippen LogP contribution >= 0.6 is 22.6 Å². The van der Waals surface area contributed by atoms with Gasteiger partial charge in [-0.05, 0) is 35.6 Å². The third kappa shape index (κ3) is 5.09. The molecule has 0 bridgehead atoms. The molecule has 0 saturated heterocycles. The average molecular weight is 391 g/mol. The van der Waals surface area contributed by atoms with Crippen molar-refractivity contribution in [1.82, 2.24) is 4.98 Å². The summed E-state index contributed by atoms with van der Waals surface area (Å²) in [5.41, 5.74) is -1.23. The normalized spacial score (nSPS) is 11.2. The first-order chi connectivity index (χ1) is 8.73. The molecule has 0 fully saturated rings. The summed E-state index contributed by atoms with van der Waals surface area (Å²) in [5.74, 6) is -1.68. The van der Waals surface area contributed by atoms with Crippen molar-refractivity contribution < 1.29 is 27.4 Å². The van der Waals surface area contributed by atoms with E-state index in [9.17, 15) is 22.8 Å². The maximum Gasteiger partial charge on any atom is 0.573 e. The second kappa shape index (κ2) is 6.26. The minimum Gasteiger partial charge on any atom is -0.466 e. The van der Waals surface area contributed by atoms with Crippen molar-refractivity contribution >= 4 is 28.6 Å². The van der Waals surface area contributed by atoms with Crippen LogP contribution in [0.4, 0.5) is 13.2 Å². The first-order valence-electron chi connectivity index (χ1n) is 5.06. The Morgan fingerprint density at radius 2 is 2.11 bits per heavy atom. The van der Waals surface area contributed by atoms with Gasteiger partial charge in [-0.15, -0.1) is 13.2 Å². The zero-order valence-electron chi connectivity index (χ0n) is 9.64. The third-order valence-electron chi connectivity index (χ3n) is 1.89. The number of alkyl halides is 3. The van der Waals surface area contributed by atoms with E-state index in [1.807, 2.05) is 0 Å². The first kappa shape index (κ1) is 15.8. The SMILES string of the molecule is CCOC(=O)Cc1cc(I)[nH]c(=O)c1OC(F)(F)F. The topological polar surface area (TPSA) is 68.4 Å². The van der Waals surface area contributed by atoms with E-state index < -0.39 is 30.1 Å². The largest absolute Gasteiger partial charge is 0.573 e. The van der Waals surface area contributed by atoms with Gasteiger partial charge in [0.2, 0.25) is 0 Å². The van der Waals surface area contributed by atoms with E-state index >= 15 is 0 Å². The predicted octanol–water partition coefficient (Wildman–Crippen LogP) is 1.98. The van der Waals surface area contributed by atoms with Gasteiger partial charge in [0, 0.05) is 5.56 Å². The summed E-state index contributed by atoms with van der Waals surface area (Å²) >= 11 is 1.71. The number of H-pyrrole nitrogens is 1. The van der Waals surface area contributed by atoms with Crippen LogP contribution in [0.5, 0.6) is 5.75 Å². The summed E-state index contributed by atoms with van der Waals surface area (Å²) in [7, 11) is 0. The Morgan fingerprint density at radius 1 is 1.47 bits per heavy atom. The van der Waals surface area contributed by atoms with Crippen LogP contribution in [0.2, 0.25) is 0 Å². The fraction of sp³-hybridized carbons (Fsp3) is 0.400. The lowest BCUT2D eigenvalue weighted by Crippen LogP contribution is -2.25. The van der Waals surface area contributed by atoms with Crippen molar-refractivity contribution in [3.8, 4) is 5.75 Å². The molecule has 9 heteroatoms. The van der Waals surface area contributed by atoms with E-state index in [4.69, 9.17) is 0 Å². The molecule has 0 amide bonds. The number of ether oxygens (including phenoxy) is 2. The van der Waals surface area contributed by atoms with Crippen molar-refractivity contribution in [3.05, 3.63) is 25.7 Å². The molecular weight excluding hydrogens is 382 g/mol. The Bertz CT molecular complexity index is 526. The Labute approximate surface area is 119 Å². The Morgan fingerprint density at radius 3 is 2.63 bits per heavy atom. The number of pyridine rings is 1. The molecule has 0 atom stereocenters. The van der Waals surface area contributed by atoms with Crippen molar-refractivity contribution in [2.75, 3.05) is 6.61 Å². The second-order valence-electron chi connectivity index (χ2n) is 3.33. The predicted molar refractivity (Wildman–Crippen MR) is 66.8 cm³/mol. The highest BCUT2D eigenvalue weighted by Crippen LogP contribution is 2.24. The van der Waals surface area contributed by atoms with E-state index in [1.165, 1.54) is 6.07 Å². The van der Waals surface area contributed by atoms with Gasteiger partial charge in [0.05, 0.1) is 16.7 Å². The van der Waals surface area contributed by atoms with Crippen LogP contribution in [0.15, 0.2) is 10.9 Å². The third-order valence-corrected chi connectivity index (χ3v) is 2.47. The number of hydrogen-bond donors (Lipinski definition) is 1. The van der Waals surface area contributed by atoms with E-state index in [2.05, 4.69) is 14.5 Å². The Kier molecular flexibility index (Phi) is 5.20. The number of halogens is 4. The van der Waals surface area contributed by atoms with E-state index in [1.54, 1.807) is 29.5 Å². The molecule has 19 heavy (non-hydrogen) atoms. The molecule has 0 aliphatic carbocycles. The van der Waals surface area contributed by atoms with Crippen LogP contribution in [0.3, 0.4) is 0 Å². The lowest BCUT2D eigenvalue weighted by atomic mass is 10.2. The lowest BCUT2D eigenvalue weighted by molar-refractivity contribution is -0.275. The molecule has 5 nitrogen and oxygen atoms in total. The van der Waals surface area contributed by atoms with E-state index in [-0.39, 0.29) is 15.9 Å². The smallest absolute Gasteiger partial charge is 0.466 e. The molecule has 0 aliphatic rings. The number of hydrogen-bond acceptors (Lipinski definition) is 4. The quantitative estimate of drug-likeness (QED) is 0.485. The van der Waals surface area contributed by atoms with E-state index in [0.717, 1.165) is 0 Å². The van der Waals surface area contributed by atoms with Gasteiger partial charge in [0.15, 0.2) is 5.75 Å². The molecule has 1 heterocycles. The summed E-state index contributed by atoms with van der Waals surface area (Å²) in [5, 5.41) is 0. The molecule has 1 aromatic heterocycles. The number of carbonyl (C=O) groups excluding carboxylic acids is 1. The highest BCUT2D eigenvalue weighted by Gasteiger charge is 2.34. The molecule has 1 rings (SSSR count). The summed E-state index contributed by atoms with van der Waals surface area (Å²) in [6.07, 6.45) is -5.48. The van der Waals surface area contributed by atoms with Gasteiger partial charge in [-0.25, -0.2) is 0 Å². The van der Waals surface area contributed by atoms with Crippen LogP contribution in [-0.2, 0) is 16.0 Å². The number of aromatic amines is 1. The summed E-state index contributed by atoms with van der Waals surface area (Å²) < 4.78 is 45.1. The van der Waals surface area contributed by atoms with Crippen LogP contribution in [-0.4, -0.2) is 23.9 Å². The zero-order chi connectivity index (χ0) is 14.6. The molecule has 0 unspecified atom stereocenters. The molecule has 0 aromatic carbocycles. The lowest BCUT2D eigenvalue weighted by Gasteiger charge is -2.12.